The van der Waals surface area contributed by atoms with Gasteiger partial charge in [-0.05, 0) is 32.7 Å². The predicted octanol–water partition coefficient (Wildman–Crippen LogP) is 2.28. The van der Waals surface area contributed by atoms with Gasteiger partial charge in [-0.1, -0.05) is 27.2 Å². The number of hydrogen-bond acceptors (Lipinski definition) is 3. The van der Waals surface area contributed by atoms with E-state index in [2.05, 4.69) is 17.6 Å². The summed E-state index contributed by atoms with van der Waals surface area (Å²) >= 11 is 0. The molecule has 0 aromatic heterocycles. The second-order valence-corrected chi connectivity index (χ2v) is 5.35. The van der Waals surface area contributed by atoms with Crippen LogP contribution in [0.15, 0.2) is 0 Å². The molecular weight excluding hydrogens is 240 g/mol. The van der Waals surface area contributed by atoms with Gasteiger partial charge in [-0.3, -0.25) is 9.59 Å². The van der Waals surface area contributed by atoms with Gasteiger partial charge in [0.05, 0.1) is 6.04 Å². The van der Waals surface area contributed by atoms with Gasteiger partial charge in [0.15, 0.2) is 5.78 Å². The Hall–Kier alpha value is -0.900. The molecule has 19 heavy (non-hydrogen) atoms. The molecule has 0 spiro atoms. The van der Waals surface area contributed by atoms with Crippen molar-refractivity contribution in [2.75, 3.05) is 13.6 Å². The molecular formula is C15H30N2O2. The zero-order valence-corrected chi connectivity index (χ0v) is 12.9. The summed E-state index contributed by atoms with van der Waals surface area (Å²) in [5.74, 6) is 0.492. The van der Waals surface area contributed by atoms with Crippen molar-refractivity contribution in [2.45, 2.75) is 65.3 Å². The third kappa shape index (κ3) is 8.76. The van der Waals surface area contributed by atoms with E-state index in [0.29, 0.717) is 6.42 Å². The Balaban J connectivity index is 3.67. The molecule has 2 N–H and O–H groups in total. The number of carbonyl (C=O) groups is 2. The van der Waals surface area contributed by atoms with E-state index in [4.69, 9.17) is 0 Å². The fourth-order valence-electron chi connectivity index (χ4n) is 1.96. The van der Waals surface area contributed by atoms with Gasteiger partial charge < -0.3 is 10.6 Å². The molecule has 0 aliphatic heterocycles. The van der Waals surface area contributed by atoms with Crippen molar-refractivity contribution >= 4 is 11.7 Å². The van der Waals surface area contributed by atoms with E-state index in [1.165, 1.54) is 0 Å². The lowest BCUT2D eigenvalue weighted by Gasteiger charge is -2.17. The van der Waals surface area contributed by atoms with Crippen molar-refractivity contribution in [3.8, 4) is 0 Å². The second-order valence-electron chi connectivity index (χ2n) is 5.35. The summed E-state index contributed by atoms with van der Waals surface area (Å²) < 4.78 is 0. The summed E-state index contributed by atoms with van der Waals surface area (Å²) in [4.78, 5) is 23.2. The third-order valence-electron chi connectivity index (χ3n) is 3.26. The Morgan fingerprint density at radius 2 is 1.79 bits per heavy atom. The highest BCUT2D eigenvalue weighted by Gasteiger charge is 2.18. The largest absolute Gasteiger partial charge is 0.356 e. The smallest absolute Gasteiger partial charge is 0.219 e. The second kappa shape index (κ2) is 11.0. The SMILES string of the molecule is CCCCC(=O)NCCCC[C@H](NC)C(=O)C(C)C. The van der Waals surface area contributed by atoms with Crippen LogP contribution >= 0.6 is 0 Å². The topological polar surface area (TPSA) is 58.2 Å². The number of nitrogens with one attached hydrogen (secondary N) is 2. The first-order valence-electron chi connectivity index (χ1n) is 7.50. The monoisotopic (exact) mass is 270 g/mol. The average Bonchev–Trinajstić information content (AvgIpc) is 2.39. The normalized spacial score (nSPS) is 12.5. The molecule has 0 rings (SSSR count). The minimum Gasteiger partial charge on any atom is -0.356 e. The number of carbonyl (C=O) groups excluding carboxylic acids is 2. The molecule has 0 unspecified atom stereocenters. The van der Waals surface area contributed by atoms with Crippen molar-refractivity contribution in [2.24, 2.45) is 5.92 Å². The Morgan fingerprint density at radius 3 is 2.32 bits per heavy atom. The number of ketones is 1. The predicted molar refractivity (Wildman–Crippen MR) is 79.1 cm³/mol. The fourth-order valence-corrected chi connectivity index (χ4v) is 1.96. The van der Waals surface area contributed by atoms with Crippen LogP contribution in [-0.4, -0.2) is 31.3 Å². The lowest BCUT2D eigenvalue weighted by molar-refractivity contribution is -0.124. The van der Waals surface area contributed by atoms with E-state index >= 15 is 0 Å². The van der Waals surface area contributed by atoms with E-state index in [9.17, 15) is 9.59 Å². The van der Waals surface area contributed by atoms with E-state index < -0.39 is 0 Å². The molecule has 4 nitrogen and oxygen atoms in total. The number of hydrogen-bond donors (Lipinski definition) is 2. The maximum absolute atomic E-state index is 11.8. The minimum atomic E-state index is -0.0456. The van der Waals surface area contributed by atoms with E-state index in [0.717, 1.165) is 38.6 Å². The van der Waals surface area contributed by atoms with Crippen molar-refractivity contribution < 1.29 is 9.59 Å². The number of rotatable bonds is 11. The zero-order valence-electron chi connectivity index (χ0n) is 12.9. The maximum atomic E-state index is 11.8. The van der Waals surface area contributed by atoms with Crippen molar-refractivity contribution in [3.05, 3.63) is 0 Å². The average molecular weight is 270 g/mol. The standard InChI is InChI=1S/C15H30N2O2/c1-5-6-10-14(18)17-11-8-7-9-13(16-4)15(19)12(2)3/h12-13,16H,5-11H2,1-4H3,(H,17,18)/t13-/m0/s1. The maximum Gasteiger partial charge on any atom is 0.219 e. The molecule has 0 aliphatic rings. The summed E-state index contributed by atoms with van der Waals surface area (Å²) in [6.45, 7) is 6.66. The summed E-state index contributed by atoms with van der Waals surface area (Å²) in [7, 11) is 1.83. The molecule has 0 aromatic carbocycles. The molecule has 112 valence electrons. The van der Waals surface area contributed by atoms with Crippen LogP contribution in [0.4, 0.5) is 0 Å². The number of unbranched alkanes of at least 4 members (excludes halogenated alkanes) is 2. The summed E-state index contributed by atoms with van der Waals surface area (Å²) in [6, 6.07) is -0.0456. The fraction of sp³-hybridized carbons (Fsp3) is 0.867. The highest BCUT2D eigenvalue weighted by atomic mass is 16.1. The van der Waals surface area contributed by atoms with Crippen LogP contribution in [0, 0.1) is 5.92 Å². The molecule has 0 aliphatic carbocycles. The van der Waals surface area contributed by atoms with Gasteiger partial charge in [0.25, 0.3) is 0 Å². The van der Waals surface area contributed by atoms with Crippen LogP contribution in [0.25, 0.3) is 0 Å². The van der Waals surface area contributed by atoms with Gasteiger partial charge in [-0.15, -0.1) is 0 Å². The van der Waals surface area contributed by atoms with Crippen molar-refractivity contribution in [3.63, 3.8) is 0 Å². The zero-order chi connectivity index (χ0) is 14.7. The number of amides is 1. The van der Waals surface area contributed by atoms with Crippen LogP contribution in [-0.2, 0) is 9.59 Å². The third-order valence-corrected chi connectivity index (χ3v) is 3.26. The minimum absolute atomic E-state index is 0.0456. The van der Waals surface area contributed by atoms with Gasteiger partial charge in [0.1, 0.15) is 0 Å². The van der Waals surface area contributed by atoms with Crippen molar-refractivity contribution in [1.29, 1.82) is 0 Å². The molecule has 4 heteroatoms. The first-order valence-corrected chi connectivity index (χ1v) is 7.50. The molecule has 0 saturated carbocycles. The van der Waals surface area contributed by atoms with E-state index in [1.807, 2.05) is 20.9 Å². The number of likely N-dealkylation sites (N-methyl/N-ethyl adjacent to an activating group) is 1. The van der Waals surface area contributed by atoms with Crippen LogP contribution < -0.4 is 10.6 Å². The van der Waals surface area contributed by atoms with Gasteiger partial charge in [0.2, 0.25) is 5.91 Å². The van der Waals surface area contributed by atoms with Crippen LogP contribution in [0.2, 0.25) is 0 Å². The molecule has 0 fully saturated rings. The first-order chi connectivity index (χ1) is 9.02. The van der Waals surface area contributed by atoms with Gasteiger partial charge in [-0.2, -0.15) is 0 Å². The molecule has 0 heterocycles. The summed E-state index contributed by atoms with van der Waals surface area (Å²) in [6.07, 6.45) is 5.37. The Labute approximate surface area is 117 Å². The van der Waals surface area contributed by atoms with Crippen LogP contribution in [0.1, 0.15) is 59.3 Å². The van der Waals surface area contributed by atoms with Gasteiger partial charge >= 0.3 is 0 Å². The highest BCUT2D eigenvalue weighted by molar-refractivity contribution is 5.85. The first kappa shape index (κ1) is 18.1. The Bertz CT molecular complexity index is 265. The van der Waals surface area contributed by atoms with Gasteiger partial charge in [-0.25, -0.2) is 0 Å². The van der Waals surface area contributed by atoms with Gasteiger partial charge in [0, 0.05) is 18.9 Å². The van der Waals surface area contributed by atoms with E-state index in [1.54, 1.807) is 0 Å². The van der Waals surface area contributed by atoms with Crippen LogP contribution in [0.3, 0.4) is 0 Å². The molecule has 0 saturated heterocycles. The highest BCUT2D eigenvalue weighted by Crippen LogP contribution is 2.07. The molecule has 0 bridgehead atoms. The van der Waals surface area contributed by atoms with Crippen molar-refractivity contribution in [1.82, 2.24) is 10.6 Å². The lowest BCUT2D eigenvalue weighted by Crippen LogP contribution is -2.36. The Morgan fingerprint density at radius 1 is 1.11 bits per heavy atom. The van der Waals surface area contributed by atoms with E-state index in [-0.39, 0.29) is 23.7 Å². The molecule has 0 radical (unpaired) electrons. The number of Topliss-reactive ketones (excluding diaryl/α,β-unsaturated/α-hetero) is 1. The van der Waals surface area contributed by atoms with Crippen LogP contribution in [0.5, 0.6) is 0 Å². The summed E-state index contributed by atoms with van der Waals surface area (Å²) in [5.41, 5.74) is 0. The molecule has 1 amide bonds. The molecule has 1 atom stereocenters. The lowest BCUT2D eigenvalue weighted by atomic mass is 9.97. The molecule has 0 aromatic rings. The summed E-state index contributed by atoms with van der Waals surface area (Å²) in [5, 5.41) is 5.99. The quantitative estimate of drug-likeness (QED) is 0.566. The Kier molecular flexibility index (Phi) is 10.5.